The topological polar surface area (TPSA) is 42.0 Å². The molecule has 1 aliphatic heterocycles. The lowest BCUT2D eigenvalue weighted by atomic mass is 9.91. The molecular weight excluding hydrogens is 200 g/mol. The Kier molecular flexibility index (Phi) is 2.11. The minimum atomic E-state index is -0.112. The number of carbonyl (C=O) groups excluding carboxylic acids is 1. The third kappa shape index (κ3) is 1.39. The lowest BCUT2D eigenvalue weighted by molar-refractivity contribution is 0.0867. The van der Waals surface area contributed by atoms with E-state index in [0.717, 1.165) is 31.6 Å². The molecule has 84 valence electrons. The SMILES string of the molecule is Cc1cccc(C(=O)C23CNCCC2C3)n1. The summed E-state index contributed by atoms with van der Waals surface area (Å²) in [6.45, 7) is 3.82. The second kappa shape index (κ2) is 3.39. The third-order valence-electron chi connectivity index (χ3n) is 3.92. The van der Waals surface area contributed by atoms with Gasteiger partial charge in [0.15, 0.2) is 5.78 Å². The van der Waals surface area contributed by atoms with Crippen LogP contribution in [0, 0.1) is 18.3 Å². The Balaban J connectivity index is 1.88. The van der Waals surface area contributed by atoms with Gasteiger partial charge in [0.1, 0.15) is 5.69 Å². The van der Waals surface area contributed by atoms with Crippen molar-refractivity contribution in [3.8, 4) is 0 Å². The van der Waals surface area contributed by atoms with Crippen LogP contribution < -0.4 is 5.32 Å². The molecule has 1 saturated carbocycles. The average Bonchev–Trinajstić information content (AvgIpc) is 3.03. The monoisotopic (exact) mass is 216 g/mol. The molecule has 3 rings (SSSR count). The molecule has 2 unspecified atom stereocenters. The summed E-state index contributed by atoms with van der Waals surface area (Å²) in [6.07, 6.45) is 2.19. The van der Waals surface area contributed by atoms with Crippen molar-refractivity contribution in [1.29, 1.82) is 0 Å². The van der Waals surface area contributed by atoms with E-state index in [1.165, 1.54) is 0 Å². The number of aryl methyl sites for hydroxylation is 1. The van der Waals surface area contributed by atoms with Crippen molar-refractivity contribution in [1.82, 2.24) is 10.3 Å². The maximum Gasteiger partial charge on any atom is 0.188 e. The summed E-state index contributed by atoms with van der Waals surface area (Å²) in [5.41, 5.74) is 1.45. The Labute approximate surface area is 95.3 Å². The van der Waals surface area contributed by atoms with E-state index >= 15 is 0 Å². The average molecular weight is 216 g/mol. The summed E-state index contributed by atoms with van der Waals surface area (Å²) in [6, 6.07) is 5.69. The lowest BCUT2D eigenvalue weighted by Gasteiger charge is -2.21. The fraction of sp³-hybridized carbons (Fsp3) is 0.538. The molecule has 0 radical (unpaired) electrons. The molecule has 0 aromatic carbocycles. The summed E-state index contributed by atoms with van der Waals surface area (Å²) in [7, 11) is 0. The summed E-state index contributed by atoms with van der Waals surface area (Å²) in [5.74, 6) is 0.844. The first kappa shape index (κ1) is 9.97. The number of carbonyl (C=O) groups is 1. The van der Waals surface area contributed by atoms with Crippen LogP contribution in [0.1, 0.15) is 29.0 Å². The van der Waals surface area contributed by atoms with E-state index in [4.69, 9.17) is 0 Å². The number of piperidine rings is 1. The van der Waals surface area contributed by atoms with Crippen molar-refractivity contribution in [2.45, 2.75) is 19.8 Å². The van der Waals surface area contributed by atoms with Crippen molar-refractivity contribution in [3.05, 3.63) is 29.6 Å². The number of fused-ring (bicyclic) bond motifs is 1. The Morgan fingerprint density at radius 1 is 1.56 bits per heavy atom. The minimum Gasteiger partial charge on any atom is -0.316 e. The van der Waals surface area contributed by atoms with Crippen molar-refractivity contribution >= 4 is 5.78 Å². The first-order valence-corrected chi connectivity index (χ1v) is 5.91. The van der Waals surface area contributed by atoms with Gasteiger partial charge in [-0.2, -0.15) is 0 Å². The van der Waals surface area contributed by atoms with E-state index in [9.17, 15) is 4.79 Å². The highest BCUT2D eigenvalue weighted by Crippen LogP contribution is 2.57. The van der Waals surface area contributed by atoms with Crippen molar-refractivity contribution in [3.63, 3.8) is 0 Å². The fourth-order valence-corrected chi connectivity index (χ4v) is 2.85. The molecule has 2 aliphatic rings. The lowest BCUT2D eigenvalue weighted by Crippen LogP contribution is -2.37. The van der Waals surface area contributed by atoms with Crippen LogP contribution in [0.2, 0.25) is 0 Å². The van der Waals surface area contributed by atoms with E-state index in [0.29, 0.717) is 11.6 Å². The summed E-state index contributed by atoms with van der Waals surface area (Å²) < 4.78 is 0. The molecular formula is C13H16N2O. The zero-order chi connectivity index (χ0) is 11.2. The standard InChI is InChI=1S/C13H16N2O/c1-9-3-2-4-11(15-9)12(16)13-7-10(13)5-6-14-8-13/h2-4,10,14H,5-8H2,1H3. The highest BCUT2D eigenvalue weighted by Gasteiger charge is 2.60. The number of aromatic nitrogens is 1. The molecule has 3 nitrogen and oxygen atoms in total. The molecule has 0 amide bonds. The van der Waals surface area contributed by atoms with Gasteiger partial charge >= 0.3 is 0 Å². The van der Waals surface area contributed by atoms with Gasteiger partial charge in [0, 0.05) is 12.2 Å². The largest absolute Gasteiger partial charge is 0.316 e. The highest BCUT2D eigenvalue weighted by molar-refractivity contribution is 6.01. The zero-order valence-electron chi connectivity index (χ0n) is 9.49. The normalized spacial score (nSPS) is 31.9. The van der Waals surface area contributed by atoms with Crippen LogP contribution in [0.4, 0.5) is 0 Å². The summed E-state index contributed by atoms with van der Waals surface area (Å²) >= 11 is 0. The van der Waals surface area contributed by atoms with Crippen molar-refractivity contribution in [2.24, 2.45) is 11.3 Å². The van der Waals surface area contributed by atoms with Crippen LogP contribution in [0.15, 0.2) is 18.2 Å². The molecule has 2 fully saturated rings. The van der Waals surface area contributed by atoms with Crippen molar-refractivity contribution in [2.75, 3.05) is 13.1 Å². The maximum atomic E-state index is 12.4. The van der Waals surface area contributed by atoms with Crippen LogP contribution in [0.5, 0.6) is 0 Å². The van der Waals surface area contributed by atoms with E-state index in [-0.39, 0.29) is 11.2 Å². The number of hydrogen-bond acceptors (Lipinski definition) is 3. The van der Waals surface area contributed by atoms with Gasteiger partial charge in [-0.3, -0.25) is 9.78 Å². The number of rotatable bonds is 2. The molecule has 0 spiro atoms. The molecule has 2 atom stereocenters. The van der Waals surface area contributed by atoms with Crippen LogP contribution >= 0.6 is 0 Å². The van der Waals surface area contributed by atoms with E-state index < -0.39 is 0 Å². The van der Waals surface area contributed by atoms with E-state index in [1.807, 2.05) is 25.1 Å². The second-order valence-electron chi connectivity index (χ2n) is 5.02. The van der Waals surface area contributed by atoms with Crippen LogP contribution in [0.3, 0.4) is 0 Å². The maximum absolute atomic E-state index is 12.4. The Morgan fingerprint density at radius 3 is 3.19 bits per heavy atom. The Morgan fingerprint density at radius 2 is 2.44 bits per heavy atom. The van der Waals surface area contributed by atoms with Crippen molar-refractivity contribution < 1.29 is 4.79 Å². The minimum absolute atomic E-state index is 0.112. The quantitative estimate of drug-likeness (QED) is 0.763. The molecule has 3 heteroatoms. The smallest absolute Gasteiger partial charge is 0.188 e. The van der Waals surface area contributed by atoms with Gasteiger partial charge in [0.2, 0.25) is 0 Å². The first-order valence-electron chi connectivity index (χ1n) is 5.91. The van der Waals surface area contributed by atoms with E-state index in [1.54, 1.807) is 0 Å². The molecule has 1 N–H and O–H groups in total. The van der Waals surface area contributed by atoms with Gasteiger partial charge < -0.3 is 5.32 Å². The number of nitrogens with one attached hydrogen (secondary N) is 1. The molecule has 1 aliphatic carbocycles. The van der Waals surface area contributed by atoms with E-state index in [2.05, 4.69) is 10.3 Å². The van der Waals surface area contributed by atoms with Gasteiger partial charge in [-0.1, -0.05) is 6.07 Å². The van der Waals surface area contributed by atoms with Gasteiger partial charge in [0.05, 0.1) is 5.41 Å². The molecule has 16 heavy (non-hydrogen) atoms. The zero-order valence-corrected chi connectivity index (χ0v) is 9.49. The number of Topliss-reactive ketones (excluding diaryl/α,β-unsaturated/α-hetero) is 1. The Bertz CT molecular complexity index is 443. The first-order chi connectivity index (χ1) is 7.72. The fourth-order valence-electron chi connectivity index (χ4n) is 2.85. The third-order valence-corrected chi connectivity index (χ3v) is 3.92. The number of pyridine rings is 1. The number of ketones is 1. The molecule has 1 aromatic heterocycles. The predicted molar refractivity (Wildman–Crippen MR) is 61.3 cm³/mol. The predicted octanol–water partition coefficient (Wildman–Crippen LogP) is 1.57. The molecule has 1 saturated heterocycles. The van der Waals surface area contributed by atoms with Crippen LogP contribution in [-0.2, 0) is 0 Å². The van der Waals surface area contributed by atoms with Gasteiger partial charge in [-0.25, -0.2) is 0 Å². The number of hydrogen-bond donors (Lipinski definition) is 1. The van der Waals surface area contributed by atoms with Gasteiger partial charge in [-0.05, 0) is 44.4 Å². The second-order valence-corrected chi connectivity index (χ2v) is 5.02. The molecule has 2 heterocycles. The molecule has 1 aromatic rings. The van der Waals surface area contributed by atoms with Crippen LogP contribution in [0.25, 0.3) is 0 Å². The Hall–Kier alpha value is -1.22. The highest BCUT2D eigenvalue weighted by atomic mass is 16.1. The van der Waals surface area contributed by atoms with Gasteiger partial charge in [-0.15, -0.1) is 0 Å². The molecule has 0 bridgehead atoms. The summed E-state index contributed by atoms with van der Waals surface area (Å²) in [4.78, 5) is 16.8. The number of nitrogens with zero attached hydrogens (tertiary/aromatic N) is 1. The van der Waals surface area contributed by atoms with Gasteiger partial charge in [0.25, 0.3) is 0 Å². The van der Waals surface area contributed by atoms with Crippen LogP contribution in [-0.4, -0.2) is 23.9 Å². The summed E-state index contributed by atoms with van der Waals surface area (Å²) in [5, 5.41) is 3.33.